The van der Waals surface area contributed by atoms with Crippen molar-refractivity contribution in [2.75, 3.05) is 11.1 Å². The lowest BCUT2D eigenvalue weighted by molar-refractivity contribution is -0.131. The lowest BCUT2D eigenvalue weighted by Crippen LogP contribution is -2.06. The summed E-state index contributed by atoms with van der Waals surface area (Å²) in [5.74, 6) is 0.584. The second-order valence-corrected chi connectivity index (χ2v) is 4.78. The standard InChI is InChI=1S/C11H11BrO3S/c1-8(13)15-10-5-3-2-4-9(10)11(14)16-7-6-12/h2-5H,6-7H2,1H3. The van der Waals surface area contributed by atoms with Crippen LogP contribution in [0.1, 0.15) is 17.3 Å². The molecule has 0 radical (unpaired) electrons. The molecule has 0 unspecified atom stereocenters. The van der Waals surface area contributed by atoms with Gasteiger partial charge < -0.3 is 4.74 Å². The fourth-order valence-electron chi connectivity index (χ4n) is 1.09. The minimum atomic E-state index is -0.425. The van der Waals surface area contributed by atoms with Crippen molar-refractivity contribution in [3.63, 3.8) is 0 Å². The number of halogens is 1. The predicted octanol–water partition coefficient (Wildman–Crippen LogP) is 2.88. The Hall–Kier alpha value is -0.810. The number of rotatable bonds is 4. The SMILES string of the molecule is CC(=O)Oc1ccccc1C(=O)SCCBr. The molecule has 0 aliphatic rings. The van der Waals surface area contributed by atoms with Gasteiger partial charge in [0.05, 0.1) is 5.56 Å². The van der Waals surface area contributed by atoms with Crippen LogP contribution in [0.5, 0.6) is 5.75 Å². The minimum Gasteiger partial charge on any atom is -0.426 e. The molecule has 0 amide bonds. The normalized spacial score (nSPS) is 9.88. The first-order chi connectivity index (χ1) is 7.65. The molecule has 0 aliphatic heterocycles. The van der Waals surface area contributed by atoms with Crippen LogP contribution in [0.25, 0.3) is 0 Å². The molecule has 0 aromatic heterocycles. The Labute approximate surface area is 107 Å². The lowest BCUT2D eigenvalue weighted by atomic mass is 10.2. The highest BCUT2D eigenvalue weighted by molar-refractivity contribution is 9.09. The Morgan fingerprint density at radius 2 is 2.06 bits per heavy atom. The van der Waals surface area contributed by atoms with Crippen molar-refractivity contribution in [3.8, 4) is 5.75 Å². The van der Waals surface area contributed by atoms with E-state index in [0.717, 1.165) is 5.33 Å². The van der Waals surface area contributed by atoms with Crippen LogP contribution in [0.15, 0.2) is 24.3 Å². The molecule has 0 N–H and O–H groups in total. The number of benzene rings is 1. The number of thioether (sulfide) groups is 1. The van der Waals surface area contributed by atoms with E-state index in [-0.39, 0.29) is 5.12 Å². The van der Waals surface area contributed by atoms with E-state index in [1.165, 1.54) is 18.7 Å². The van der Waals surface area contributed by atoms with E-state index in [1.54, 1.807) is 24.3 Å². The summed E-state index contributed by atoms with van der Waals surface area (Å²) in [4.78, 5) is 22.6. The van der Waals surface area contributed by atoms with Crippen LogP contribution < -0.4 is 4.74 Å². The Bertz CT molecular complexity index is 393. The molecule has 0 saturated heterocycles. The highest BCUT2D eigenvalue weighted by atomic mass is 79.9. The number of ether oxygens (including phenoxy) is 1. The fourth-order valence-corrected chi connectivity index (χ4v) is 2.16. The summed E-state index contributed by atoms with van der Waals surface area (Å²) >= 11 is 4.44. The molecule has 5 heteroatoms. The van der Waals surface area contributed by atoms with Gasteiger partial charge in [0.1, 0.15) is 5.75 Å². The van der Waals surface area contributed by atoms with Gasteiger partial charge >= 0.3 is 5.97 Å². The average Bonchev–Trinajstić information content (AvgIpc) is 2.26. The van der Waals surface area contributed by atoms with Crippen molar-refractivity contribution in [3.05, 3.63) is 29.8 Å². The Morgan fingerprint density at radius 1 is 1.38 bits per heavy atom. The number of carbonyl (C=O) groups excluding carboxylic acids is 2. The number of alkyl halides is 1. The maximum absolute atomic E-state index is 11.8. The van der Waals surface area contributed by atoms with E-state index in [2.05, 4.69) is 15.9 Å². The third-order valence-corrected chi connectivity index (χ3v) is 3.48. The Balaban J connectivity index is 2.85. The second kappa shape index (κ2) is 6.70. The van der Waals surface area contributed by atoms with Crippen LogP contribution in [-0.4, -0.2) is 22.2 Å². The van der Waals surface area contributed by atoms with E-state index in [4.69, 9.17) is 4.74 Å². The van der Waals surface area contributed by atoms with Gasteiger partial charge in [-0.15, -0.1) is 0 Å². The summed E-state index contributed by atoms with van der Waals surface area (Å²) < 4.78 is 4.96. The van der Waals surface area contributed by atoms with Crippen LogP contribution in [-0.2, 0) is 4.79 Å². The summed E-state index contributed by atoms with van der Waals surface area (Å²) in [6.07, 6.45) is 0. The van der Waals surface area contributed by atoms with Crippen molar-refractivity contribution >= 4 is 38.8 Å². The highest BCUT2D eigenvalue weighted by Crippen LogP contribution is 2.23. The third-order valence-electron chi connectivity index (χ3n) is 1.67. The molecule has 3 nitrogen and oxygen atoms in total. The molecular formula is C11H11BrO3S. The van der Waals surface area contributed by atoms with Crippen molar-refractivity contribution in [2.45, 2.75) is 6.92 Å². The van der Waals surface area contributed by atoms with E-state index in [1.807, 2.05) is 0 Å². The van der Waals surface area contributed by atoms with Crippen LogP contribution in [0.3, 0.4) is 0 Å². The minimum absolute atomic E-state index is 0.0868. The molecule has 1 rings (SSSR count). The number of hydrogen-bond donors (Lipinski definition) is 0. The van der Waals surface area contributed by atoms with Crippen LogP contribution in [0.4, 0.5) is 0 Å². The monoisotopic (exact) mass is 302 g/mol. The zero-order valence-corrected chi connectivity index (χ0v) is 11.1. The molecular weight excluding hydrogens is 292 g/mol. The zero-order chi connectivity index (χ0) is 12.0. The molecule has 1 aromatic rings. The molecule has 16 heavy (non-hydrogen) atoms. The van der Waals surface area contributed by atoms with E-state index < -0.39 is 5.97 Å². The van der Waals surface area contributed by atoms with Crippen molar-refractivity contribution in [1.29, 1.82) is 0 Å². The highest BCUT2D eigenvalue weighted by Gasteiger charge is 2.13. The smallest absolute Gasteiger partial charge is 0.308 e. The first kappa shape index (κ1) is 13.3. The maximum Gasteiger partial charge on any atom is 0.308 e. The fraction of sp³-hybridized carbons (Fsp3) is 0.273. The summed E-state index contributed by atoms with van der Waals surface area (Å²) in [6.45, 7) is 1.31. The van der Waals surface area contributed by atoms with E-state index in [0.29, 0.717) is 17.1 Å². The first-order valence-electron chi connectivity index (χ1n) is 4.65. The van der Waals surface area contributed by atoms with Gasteiger partial charge in [0.15, 0.2) is 0 Å². The predicted molar refractivity (Wildman–Crippen MR) is 68.3 cm³/mol. The number of hydrogen-bond acceptors (Lipinski definition) is 4. The number of esters is 1. The van der Waals surface area contributed by atoms with Gasteiger partial charge in [0, 0.05) is 18.0 Å². The Morgan fingerprint density at radius 3 is 2.69 bits per heavy atom. The molecule has 0 bridgehead atoms. The van der Waals surface area contributed by atoms with E-state index >= 15 is 0 Å². The molecule has 0 spiro atoms. The first-order valence-corrected chi connectivity index (χ1v) is 6.76. The second-order valence-electron chi connectivity index (χ2n) is 2.91. The third kappa shape index (κ3) is 3.98. The summed E-state index contributed by atoms with van der Waals surface area (Å²) in [6, 6.07) is 6.74. The number of para-hydroxylation sites is 1. The van der Waals surface area contributed by atoms with Crippen molar-refractivity contribution < 1.29 is 14.3 Å². The average molecular weight is 303 g/mol. The maximum atomic E-state index is 11.8. The Kier molecular flexibility index (Phi) is 5.55. The van der Waals surface area contributed by atoms with Crippen LogP contribution in [0.2, 0.25) is 0 Å². The van der Waals surface area contributed by atoms with Gasteiger partial charge in [0.25, 0.3) is 0 Å². The lowest BCUT2D eigenvalue weighted by Gasteiger charge is -2.06. The topological polar surface area (TPSA) is 43.4 Å². The van der Waals surface area contributed by atoms with Crippen LogP contribution >= 0.6 is 27.7 Å². The summed E-state index contributed by atoms with van der Waals surface area (Å²) in [5.41, 5.74) is 0.434. The number of carbonyl (C=O) groups is 2. The van der Waals surface area contributed by atoms with Gasteiger partial charge in [-0.05, 0) is 12.1 Å². The van der Waals surface area contributed by atoms with Crippen LogP contribution in [0, 0.1) is 0 Å². The van der Waals surface area contributed by atoms with Gasteiger partial charge in [-0.25, -0.2) is 0 Å². The molecule has 0 fully saturated rings. The molecule has 0 atom stereocenters. The van der Waals surface area contributed by atoms with Crippen molar-refractivity contribution in [1.82, 2.24) is 0 Å². The quantitative estimate of drug-likeness (QED) is 0.487. The molecule has 1 aromatic carbocycles. The van der Waals surface area contributed by atoms with Crippen molar-refractivity contribution in [2.24, 2.45) is 0 Å². The zero-order valence-electron chi connectivity index (χ0n) is 8.73. The molecule has 0 heterocycles. The van der Waals surface area contributed by atoms with Gasteiger partial charge in [-0.1, -0.05) is 39.8 Å². The summed E-state index contributed by atoms with van der Waals surface area (Å²) in [7, 11) is 0. The molecule has 0 aliphatic carbocycles. The molecule has 0 saturated carbocycles. The molecule has 86 valence electrons. The van der Waals surface area contributed by atoms with E-state index in [9.17, 15) is 9.59 Å². The summed E-state index contributed by atoms with van der Waals surface area (Å²) in [5, 5.41) is 0.662. The van der Waals surface area contributed by atoms with Gasteiger partial charge in [-0.3, -0.25) is 9.59 Å². The van der Waals surface area contributed by atoms with Gasteiger partial charge in [0.2, 0.25) is 5.12 Å². The largest absolute Gasteiger partial charge is 0.426 e. The van der Waals surface area contributed by atoms with Gasteiger partial charge in [-0.2, -0.15) is 0 Å².